The first kappa shape index (κ1) is 81.6. The minimum Gasteiger partial charge on any atom is -0.756 e. The van der Waals surface area contributed by atoms with Crippen LogP contribution in [0.2, 0.25) is 0 Å². The second kappa shape index (κ2) is 65.1. The van der Waals surface area contributed by atoms with E-state index in [-0.39, 0.29) is 19.1 Å². The summed E-state index contributed by atoms with van der Waals surface area (Å²) in [6, 6.07) is -0.902. The number of aliphatic hydroxyl groups is 1. The highest BCUT2D eigenvalue weighted by molar-refractivity contribution is 7.45. The Morgan fingerprint density at radius 2 is 0.718 bits per heavy atom. The molecule has 0 aromatic rings. The Bertz CT molecular complexity index is 1850. The summed E-state index contributed by atoms with van der Waals surface area (Å²) >= 11 is 0. The maximum absolute atomic E-state index is 13.0. The Morgan fingerprint density at radius 1 is 0.424 bits per heavy atom. The van der Waals surface area contributed by atoms with Crippen molar-refractivity contribution in [3.8, 4) is 0 Å². The van der Waals surface area contributed by atoms with Crippen LogP contribution in [0.4, 0.5) is 0 Å². The molecule has 0 spiro atoms. The summed E-state index contributed by atoms with van der Waals surface area (Å²) in [6.07, 6.45) is 98.4. The standard InChI is InChI=1S/C76H133N2O6P/c1-6-8-10-12-14-16-18-20-22-24-26-28-30-32-33-34-35-36-37-38-39-40-41-42-43-44-45-46-48-50-52-54-56-58-60-62-64-66-68-70-76(80)77-74(73-84-85(81,82)83-72-71-78(3,4)5)75(79)69-67-65-63-61-59-57-55-53-51-49-47-31-29-27-25-23-21-19-17-15-13-11-9-7-2/h8,10,14,16,20,22,26,28,32-33,35-36,38-39,41-42,44-45,48,50,67,69,74-75,79H,6-7,9,11-13,15,17-19,21,23-25,27,29-31,34,37,40,43,46-47,49,51-66,68,70-73H2,1-5H3,(H-,77,80,81,82)/b10-8-,16-14-,22-20-,28-26-,33-32-,36-35-,39-38-,42-41-,45-44-,50-48-,69-67+. The second-order valence-electron chi connectivity index (χ2n) is 24.5. The summed E-state index contributed by atoms with van der Waals surface area (Å²) in [5.74, 6) is -0.208. The molecule has 0 radical (unpaired) electrons. The van der Waals surface area contributed by atoms with Crippen molar-refractivity contribution in [2.45, 2.75) is 302 Å². The zero-order valence-corrected chi connectivity index (χ0v) is 56.7. The van der Waals surface area contributed by atoms with E-state index in [0.29, 0.717) is 17.4 Å². The van der Waals surface area contributed by atoms with Crippen molar-refractivity contribution in [1.82, 2.24) is 5.32 Å². The smallest absolute Gasteiger partial charge is 0.268 e. The third kappa shape index (κ3) is 68.0. The molecule has 0 saturated carbocycles. The van der Waals surface area contributed by atoms with Crippen molar-refractivity contribution in [1.29, 1.82) is 0 Å². The van der Waals surface area contributed by atoms with E-state index in [4.69, 9.17) is 9.05 Å². The topological polar surface area (TPSA) is 108 Å². The number of carbonyl (C=O) groups is 1. The summed E-state index contributed by atoms with van der Waals surface area (Å²) in [5.41, 5.74) is 0. The molecule has 0 rings (SSSR count). The molecule has 0 aliphatic heterocycles. The van der Waals surface area contributed by atoms with Crippen molar-refractivity contribution in [3.63, 3.8) is 0 Å². The Balaban J connectivity index is 4.15. The quantitative estimate of drug-likeness (QED) is 0.0272. The number of hydrogen-bond donors (Lipinski definition) is 2. The number of unbranched alkanes of at least 4 members (excludes halogenated alkanes) is 30. The molecule has 3 unspecified atom stereocenters. The van der Waals surface area contributed by atoms with Gasteiger partial charge < -0.3 is 28.8 Å². The van der Waals surface area contributed by atoms with Gasteiger partial charge in [-0.15, -0.1) is 0 Å². The van der Waals surface area contributed by atoms with Gasteiger partial charge in [-0.05, 0) is 96.3 Å². The van der Waals surface area contributed by atoms with E-state index in [1.165, 1.54) is 154 Å². The van der Waals surface area contributed by atoms with E-state index in [0.717, 1.165) is 116 Å². The van der Waals surface area contributed by atoms with Crippen LogP contribution in [0.3, 0.4) is 0 Å². The van der Waals surface area contributed by atoms with Crippen molar-refractivity contribution >= 4 is 13.7 Å². The van der Waals surface area contributed by atoms with Crippen molar-refractivity contribution < 1.29 is 32.9 Å². The van der Waals surface area contributed by atoms with Crippen LogP contribution < -0.4 is 10.2 Å². The number of likely N-dealkylation sites (N-methyl/N-ethyl adjacent to an activating group) is 1. The third-order valence-electron chi connectivity index (χ3n) is 15.1. The molecule has 0 aromatic heterocycles. The molecule has 8 nitrogen and oxygen atoms in total. The van der Waals surface area contributed by atoms with Crippen molar-refractivity contribution in [3.05, 3.63) is 134 Å². The van der Waals surface area contributed by atoms with Crippen LogP contribution in [0.15, 0.2) is 134 Å². The summed E-state index contributed by atoms with van der Waals surface area (Å²) in [7, 11) is 1.25. The number of allylic oxidation sites excluding steroid dienone is 21. The molecule has 0 bridgehead atoms. The average molecular weight is 1200 g/mol. The fraction of sp³-hybridized carbons (Fsp3) is 0.697. The van der Waals surface area contributed by atoms with Gasteiger partial charge >= 0.3 is 0 Å². The van der Waals surface area contributed by atoms with Gasteiger partial charge in [0.15, 0.2) is 0 Å². The van der Waals surface area contributed by atoms with Crippen LogP contribution in [-0.2, 0) is 18.4 Å². The van der Waals surface area contributed by atoms with E-state index < -0.39 is 20.0 Å². The molecule has 3 atom stereocenters. The minimum atomic E-state index is -4.61. The highest BCUT2D eigenvalue weighted by Gasteiger charge is 2.23. The Hall–Kier alpha value is -3.36. The van der Waals surface area contributed by atoms with E-state index in [9.17, 15) is 19.4 Å². The normalized spacial score (nSPS) is 14.5. The molecule has 0 aliphatic carbocycles. The first-order valence-electron chi connectivity index (χ1n) is 35.0. The molecule has 0 fully saturated rings. The number of nitrogens with one attached hydrogen (secondary N) is 1. The van der Waals surface area contributed by atoms with E-state index in [1.54, 1.807) is 6.08 Å². The van der Waals surface area contributed by atoms with Gasteiger partial charge in [-0.1, -0.05) is 321 Å². The van der Waals surface area contributed by atoms with Crippen LogP contribution in [0.5, 0.6) is 0 Å². The monoisotopic (exact) mass is 1200 g/mol. The van der Waals surface area contributed by atoms with Crippen LogP contribution in [0.1, 0.15) is 290 Å². The van der Waals surface area contributed by atoms with Gasteiger partial charge in [0.1, 0.15) is 13.2 Å². The average Bonchev–Trinajstić information content (AvgIpc) is 3.49. The molecule has 0 saturated heterocycles. The van der Waals surface area contributed by atoms with Gasteiger partial charge in [0, 0.05) is 6.42 Å². The van der Waals surface area contributed by atoms with Gasteiger partial charge in [0.2, 0.25) is 5.91 Å². The first-order chi connectivity index (χ1) is 41.5. The maximum Gasteiger partial charge on any atom is 0.268 e. The molecule has 0 aromatic carbocycles. The molecule has 1 amide bonds. The van der Waals surface area contributed by atoms with Crippen LogP contribution in [0, 0.1) is 0 Å². The number of phosphoric ester groups is 1. The molecule has 0 heterocycles. The molecular weight excluding hydrogens is 1070 g/mol. The third-order valence-corrected chi connectivity index (χ3v) is 16.1. The van der Waals surface area contributed by atoms with Crippen molar-refractivity contribution in [2.24, 2.45) is 0 Å². The number of rotatable bonds is 63. The highest BCUT2D eigenvalue weighted by Crippen LogP contribution is 2.38. The fourth-order valence-corrected chi connectivity index (χ4v) is 10.4. The Kier molecular flexibility index (Phi) is 62.5. The SMILES string of the molecule is CC/C=C\C/C=C\C/C=C\C/C=C\C/C=C\C/C=C\C/C=C\C/C=C\C/C=C\C/C=C\CCCCCCCCCCC(=O)NC(COP(=O)([O-])OCC[N+](C)(C)C)C(O)/C=C/CCCCCCCCCCCCCCCCCCCCCCCC. The fourth-order valence-electron chi connectivity index (χ4n) is 9.71. The maximum atomic E-state index is 13.0. The predicted octanol–water partition coefficient (Wildman–Crippen LogP) is 22.0. The first-order valence-corrected chi connectivity index (χ1v) is 36.5. The summed E-state index contributed by atoms with van der Waals surface area (Å²) in [6.45, 7) is 4.54. The lowest BCUT2D eigenvalue weighted by Crippen LogP contribution is -2.45. The van der Waals surface area contributed by atoms with Gasteiger partial charge in [-0.25, -0.2) is 0 Å². The Labute approximate surface area is 526 Å². The predicted molar refractivity (Wildman–Crippen MR) is 371 cm³/mol. The number of hydrogen-bond acceptors (Lipinski definition) is 6. The van der Waals surface area contributed by atoms with Gasteiger partial charge in [0.05, 0.1) is 39.9 Å². The van der Waals surface area contributed by atoms with Gasteiger partial charge in [-0.2, -0.15) is 0 Å². The summed E-state index contributed by atoms with van der Waals surface area (Å²) < 4.78 is 23.4. The zero-order valence-electron chi connectivity index (χ0n) is 55.8. The lowest BCUT2D eigenvalue weighted by molar-refractivity contribution is -0.870. The second-order valence-corrected chi connectivity index (χ2v) is 25.9. The molecule has 488 valence electrons. The molecular formula is C76H133N2O6P. The Morgan fingerprint density at radius 3 is 1.05 bits per heavy atom. The van der Waals surface area contributed by atoms with Gasteiger partial charge in [-0.3, -0.25) is 9.36 Å². The molecule has 2 N–H and O–H groups in total. The van der Waals surface area contributed by atoms with E-state index in [1.807, 2.05) is 27.2 Å². The summed E-state index contributed by atoms with van der Waals surface area (Å²) in [5, 5.41) is 14.0. The lowest BCUT2D eigenvalue weighted by Gasteiger charge is -2.29. The van der Waals surface area contributed by atoms with Gasteiger partial charge in [0.25, 0.3) is 7.82 Å². The number of phosphoric acid groups is 1. The lowest BCUT2D eigenvalue weighted by atomic mass is 10.0. The largest absolute Gasteiger partial charge is 0.756 e. The highest BCUT2D eigenvalue weighted by atomic mass is 31.2. The van der Waals surface area contributed by atoms with Crippen molar-refractivity contribution in [2.75, 3.05) is 40.9 Å². The van der Waals surface area contributed by atoms with Crippen LogP contribution >= 0.6 is 7.82 Å². The minimum absolute atomic E-state index is 0.00848. The molecule has 85 heavy (non-hydrogen) atoms. The zero-order chi connectivity index (χ0) is 61.9. The number of carbonyl (C=O) groups excluding carboxylic acids is 1. The number of nitrogens with zero attached hydrogens (tertiary/aromatic N) is 1. The van der Waals surface area contributed by atoms with Crippen LogP contribution in [-0.4, -0.2) is 68.5 Å². The summed E-state index contributed by atoms with van der Waals surface area (Å²) in [4.78, 5) is 25.6. The number of aliphatic hydroxyl groups excluding tert-OH is 1. The molecule has 9 heteroatoms. The number of amides is 1. The van der Waals surface area contributed by atoms with E-state index in [2.05, 4.69) is 141 Å². The molecule has 0 aliphatic rings. The number of quaternary nitrogens is 1. The van der Waals surface area contributed by atoms with E-state index >= 15 is 0 Å². The van der Waals surface area contributed by atoms with Crippen LogP contribution in [0.25, 0.3) is 0 Å².